The molecule has 4 heteroatoms. The van der Waals surface area contributed by atoms with Crippen molar-refractivity contribution in [2.45, 2.75) is 40.2 Å². The predicted molar refractivity (Wildman–Crippen MR) is 102 cm³/mol. The van der Waals surface area contributed by atoms with E-state index in [0.29, 0.717) is 18.1 Å². The normalized spacial score (nSPS) is 11.4. The van der Waals surface area contributed by atoms with Gasteiger partial charge in [0.15, 0.2) is 0 Å². The predicted octanol–water partition coefficient (Wildman–Crippen LogP) is 4.81. The van der Waals surface area contributed by atoms with Gasteiger partial charge in [-0.05, 0) is 55.5 Å². The Labute approximate surface area is 149 Å². The summed E-state index contributed by atoms with van der Waals surface area (Å²) in [5, 5.41) is 4.16. The van der Waals surface area contributed by atoms with Crippen molar-refractivity contribution >= 4 is 11.6 Å². The fourth-order valence-corrected chi connectivity index (χ4v) is 2.20. The third kappa shape index (κ3) is 6.79. The van der Waals surface area contributed by atoms with E-state index in [-0.39, 0.29) is 5.91 Å². The molecule has 25 heavy (non-hydrogen) atoms. The maximum Gasteiger partial charge on any atom is 0.271 e. The van der Waals surface area contributed by atoms with Crippen molar-refractivity contribution in [3.05, 3.63) is 65.7 Å². The molecule has 132 valence electrons. The largest absolute Gasteiger partial charge is 0.489 e. The fraction of sp³-hybridized carbons (Fsp3) is 0.333. The topological polar surface area (TPSA) is 50.7 Å². The van der Waals surface area contributed by atoms with Gasteiger partial charge in [0.25, 0.3) is 5.91 Å². The molecule has 0 atom stereocenters. The van der Waals surface area contributed by atoms with E-state index in [2.05, 4.69) is 24.4 Å². The number of hydrazone groups is 1. The Morgan fingerprint density at radius 2 is 1.76 bits per heavy atom. The molecular formula is C21H26N2O2. The van der Waals surface area contributed by atoms with Crippen molar-refractivity contribution in [3.8, 4) is 5.75 Å². The van der Waals surface area contributed by atoms with Gasteiger partial charge in [-0.2, -0.15) is 5.10 Å². The summed E-state index contributed by atoms with van der Waals surface area (Å²) >= 11 is 0. The van der Waals surface area contributed by atoms with Crippen LogP contribution in [0.3, 0.4) is 0 Å². The molecule has 0 radical (unpaired) electrons. The first-order valence-corrected chi connectivity index (χ1v) is 8.65. The zero-order valence-corrected chi connectivity index (χ0v) is 15.2. The van der Waals surface area contributed by atoms with Crippen LogP contribution in [0.25, 0.3) is 0 Å². The van der Waals surface area contributed by atoms with Crippen LogP contribution >= 0.6 is 0 Å². The minimum Gasteiger partial charge on any atom is -0.489 e. The number of nitrogens with one attached hydrogen (secondary N) is 1. The van der Waals surface area contributed by atoms with Crippen molar-refractivity contribution < 1.29 is 9.53 Å². The van der Waals surface area contributed by atoms with Gasteiger partial charge in [-0.1, -0.05) is 44.2 Å². The average molecular weight is 338 g/mol. The van der Waals surface area contributed by atoms with Crippen LogP contribution in [0.5, 0.6) is 5.75 Å². The molecule has 0 saturated carbocycles. The van der Waals surface area contributed by atoms with Crippen LogP contribution in [-0.4, -0.2) is 11.6 Å². The molecule has 0 unspecified atom stereocenters. The van der Waals surface area contributed by atoms with Crippen LogP contribution < -0.4 is 10.2 Å². The van der Waals surface area contributed by atoms with E-state index in [9.17, 15) is 4.79 Å². The van der Waals surface area contributed by atoms with E-state index in [0.717, 1.165) is 29.9 Å². The molecule has 0 heterocycles. The van der Waals surface area contributed by atoms with Gasteiger partial charge in [-0.15, -0.1) is 0 Å². The van der Waals surface area contributed by atoms with Crippen molar-refractivity contribution in [3.63, 3.8) is 0 Å². The monoisotopic (exact) mass is 338 g/mol. The second-order valence-corrected chi connectivity index (χ2v) is 6.52. The summed E-state index contributed by atoms with van der Waals surface area (Å²) in [6.07, 6.45) is 1.97. The van der Waals surface area contributed by atoms with E-state index in [4.69, 9.17) is 4.74 Å². The molecule has 0 aliphatic carbocycles. The summed E-state index contributed by atoms with van der Waals surface area (Å²) in [5.41, 5.74) is 5.16. The number of amides is 1. The number of rotatable bonds is 8. The minimum absolute atomic E-state index is 0.195. The van der Waals surface area contributed by atoms with Crippen LogP contribution in [0, 0.1) is 5.92 Å². The maximum absolute atomic E-state index is 12.1. The van der Waals surface area contributed by atoms with Crippen LogP contribution in [0.15, 0.2) is 59.7 Å². The Bertz CT molecular complexity index is 692. The molecule has 0 spiro atoms. The zero-order valence-electron chi connectivity index (χ0n) is 15.2. The zero-order chi connectivity index (χ0) is 18.1. The first-order valence-electron chi connectivity index (χ1n) is 8.65. The van der Waals surface area contributed by atoms with Gasteiger partial charge < -0.3 is 4.74 Å². The van der Waals surface area contributed by atoms with Gasteiger partial charge in [0.2, 0.25) is 0 Å². The second-order valence-electron chi connectivity index (χ2n) is 6.52. The minimum atomic E-state index is -0.195. The summed E-state index contributed by atoms with van der Waals surface area (Å²) in [5.74, 6) is 1.27. The number of para-hydroxylation sites is 1. The quantitative estimate of drug-likeness (QED) is 0.555. The number of hydrogen-bond donors (Lipinski definition) is 1. The lowest BCUT2D eigenvalue weighted by atomic mass is 10.1. The molecule has 1 N–H and O–H groups in total. The highest BCUT2D eigenvalue weighted by molar-refractivity contribution is 5.95. The first kappa shape index (κ1) is 18.7. The molecular weight excluding hydrogens is 312 g/mol. The Hall–Kier alpha value is -2.62. The number of benzene rings is 2. The highest BCUT2D eigenvalue weighted by atomic mass is 16.5. The lowest BCUT2D eigenvalue weighted by molar-refractivity contribution is 0.0954. The Balaban J connectivity index is 1.84. The summed E-state index contributed by atoms with van der Waals surface area (Å²) in [7, 11) is 0. The Kier molecular flexibility index (Phi) is 7.20. The highest BCUT2D eigenvalue weighted by Gasteiger charge is 2.05. The van der Waals surface area contributed by atoms with Crippen molar-refractivity contribution in [1.82, 2.24) is 5.43 Å². The van der Waals surface area contributed by atoms with Crippen molar-refractivity contribution in [1.29, 1.82) is 0 Å². The van der Waals surface area contributed by atoms with Gasteiger partial charge in [0.05, 0.1) is 0 Å². The van der Waals surface area contributed by atoms with Crippen LogP contribution in [-0.2, 0) is 6.61 Å². The number of hydrogen-bond acceptors (Lipinski definition) is 3. The van der Waals surface area contributed by atoms with E-state index in [1.807, 2.05) is 49.4 Å². The van der Waals surface area contributed by atoms with Gasteiger partial charge >= 0.3 is 0 Å². The summed E-state index contributed by atoms with van der Waals surface area (Å²) in [4.78, 5) is 12.1. The smallest absolute Gasteiger partial charge is 0.271 e. The number of nitrogens with zero attached hydrogens (tertiary/aromatic N) is 1. The average Bonchev–Trinajstić information content (AvgIpc) is 2.64. The van der Waals surface area contributed by atoms with Crippen molar-refractivity contribution in [2.75, 3.05) is 0 Å². The highest BCUT2D eigenvalue weighted by Crippen LogP contribution is 2.12. The molecule has 0 aliphatic rings. The SMILES string of the molecule is C/C(CCC(C)C)=N\NC(=O)c1ccc(COc2ccccc2)cc1. The third-order valence-corrected chi connectivity index (χ3v) is 3.80. The molecule has 2 aromatic carbocycles. The molecule has 0 bridgehead atoms. The van der Waals surface area contributed by atoms with Crippen molar-refractivity contribution in [2.24, 2.45) is 11.0 Å². The van der Waals surface area contributed by atoms with Crippen LogP contribution in [0.4, 0.5) is 0 Å². The molecule has 0 aliphatic heterocycles. The first-order chi connectivity index (χ1) is 12.0. The molecule has 4 nitrogen and oxygen atoms in total. The summed E-state index contributed by atoms with van der Waals surface area (Å²) in [6, 6.07) is 17.0. The maximum atomic E-state index is 12.1. The Morgan fingerprint density at radius 3 is 2.40 bits per heavy atom. The van der Waals surface area contributed by atoms with E-state index < -0.39 is 0 Å². The molecule has 0 fully saturated rings. The lowest BCUT2D eigenvalue weighted by Gasteiger charge is -2.07. The number of carbonyl (C=O) groups excluding carboxylic acids is 1. The van der Waals surface area contributed by atoms with Gasteiger partial charge in [-0.25, -0.2) is 5.43 Å². The van der Waals surface area contributed by atoms with E-state index >= 15 is 0 Å². The van der Waals surface area contributed by atoms with Gasteiger partial charge in [0.1, 0.15) is 12.4 Å². The van der Waals surface area contributed by atoms with Gasteiger partial charge in [0, 0.05) is 11.3 Å². The second kappa shape index (κ2) is 9.62. The Morgan fingerprint density at radius 1 is 1.08 bits per heavy atom. The van der Waals surface area contributed by atoms with Crippen LogP contribution in [0.2, 0.25) is 0 Å². The van der Waals surface area contributed by atoms with E-state index in [1.54, 1.807) is 12.1 Å². The van der Waals surface area contributed by atoms with E-state index in [1.165, 1.54) is 0 Å². The molecule has 0 aromatic heterocycles. The molecule has 1 amide bonds. The number of ether oxygens (including phenoxy) is 1. The van der Waals surface area contributed by atoms with Crippen LogP contribution in [0.1, 0.15) is 49.5 Å². The third-order valence-electron chi connectivity index (χ3n) is 3.80. The molecule has 0 saturated heterocycles. The fourth-order valence-electron chi connectivity index (χ4n) is 2.20. The number of carbonyl (C=O) groups is 1. The summed E-state index contributed by atoms with van der Waals surface area (Å²) < 4.78 is 5.70. The molecule has 2 aromatic rings. The molecule has 2 rings (SSSR count). The lowest BCUT2D eigenvalue weighted by Crippen LogP contribution is -2.19. The standard InChI is InChI=1S/C21H26N2O2/c1-16(2)9-10-17(3)22-23-21(24)19-13-11-18(12-14-19)15-25-20-7-5-4-6-8-20/h4-8,11-14,16H,9-10,15H2,1-3H3,(H,23,24)/b22-17+. The van der Waals surface area contributed by atoms with Gasteiger partial charge in [-0.3, -0.25) is 4.79 Å². The summed E-state index contributed by atoms with van der Waals surface area (Å²) in [6.45, 7) is 6.76.